The first-order chi connectivity index (χ1) is 14.9. The number of hydrogen-bond acceptors (Lipinski definition) is 5. The van der Waals surface area contributed by atoms with Crippen LogP contribution in [0.2, 0.25) is 0 Å². The van der Waals surface area contributed by atoms with Gasteiger partial charge in [0, 0.05) is 13.1 Å². The molecule has 0 saturated carbocycles. The summed E-state index contributed by atoms with van der Waals surface area (Å²) in [7, 11) is -1.85. The number of benzene rings is 2. The van der Waals surface area contributed by atoms with Crippen molar-refractivity contribution < 1.29 is 41.0 Å². The molecule has 0 heterocycles. The highest BCUT2D eigenvalue weighted by Gasteiger charge is 2.36. The van der Waals surface area contributed by atoms with Crippen molar-refractivity contribution in [3.8, 4) is 11.5 Å². The van der Waals surface area contributed by atoms with Gasteiger partial charge in [0.25, 0.3) is 0 Å². The standard InChI is InChI=1S/C21H22F3NO6S/c1-25(32(28,29)15-10-13(21(22,23)24)9-14(11-15)30-2)18-7-3-6-17-16(18)5-4-8-19(17)31-12-20(26)27/h4-5,8-11,18H,3,6-7,12H2,1-2H3,(H,26,27)/t18-/m1/s1. The predicted molar refractivity (Wildman–Crippen MR) is 108 cm³/mol. The molecule has 0 aliphatic heterocycles. The van der Waals surface area contributed by atoms with Gasteiger partial charge >= 0.3 is 12.1 Å². The van der Waals surface area contributed by atoms with Gasteiger partial charge in [-0.05, 0) is 48.6 Å². The van der Waals surface area contributed by atoms with Crippen LogP contribution < -0.4 is 9.47 Å². The highest BCUT2D eigenvalue weighted by atomic mass is 32.2. The fourth-order valence-electron chi connectivity index (χ4n) is 3.78. The van der Waals surface area contributed by atoms with Gasteiger partial charge in [-0.25, -0.2) is 13.2 Å². The summed E-state index contributed by atoms with van der Waals surface area (Å²) in [5.74, 6) is -1.02. The van der Waals surface area contributed by atoms with Crippen molar-refractivity contribution in [2.75, 3.05) is 20.8 Å². The summed E-state index contributed by atoms with van der Waals surface area (Å²) in [5.41, 5.74) is 0.190. The molecule has 2 aromatic carbocycles. The third kappa shape index (κ3) is 4.83. The van der Waals surface area contributed by atoms with E-state index in [1.54, 1.807) is 18.2 Å². The SMILES string of the molecule is COc1cc(C(F)(F)F)cc(S(=O)(=O)N(C)[C@@H]2CCCc3c(OCC(=O)O)cccc32)c1. The van der Waals surface area contributed by atoms with Gasteiger partial charge in [0.2, 0.25) is 10.0 Å². The van der Waals surface area contributed by atoms with E-state index in [0.717, 1.165) is 23.5 Å². The van der Waals surface area contributed by atoms with Crippen molar-refractivity contribution in [2.24, 2.45) is 0 Å². The van der Waals surface area contributed by atoms with Gasteiger partial charge in [0.05, 0.1) is 23.6 Å². The molecule has 32 heavy (non-hydrogen) atoms. The summed E-state index contributed by atoms with van der Waals surface area (Å²) in [5, 5.41) is 8.87. The number of nitrogens with zero attached hydrogens (tertiary/aromatic N) is 1. The van der Waals surface area contributed by atoms with Gasteiger partial charge in [-0.1, -0.05) is 12.1 Å². The van der Waals surface area contributed by atoms with Gasteiger partial charge in [-0.3, -0.25) is 0 Å². The second kappa shape index (κ2) is 8.99. The number of carbonyl (C=O) groups is 1. The average Bonchev–Trinajstić information content (AvgIpc) is 2.75. The summed E-state index contributed by atoms with van der Waals surface area (Å²) in [6.45, 7) is -0.542. The number of alkyl halides is 3. The Labute approximate surface area is 183 Å². The van der Waals surface area contributed by atoms with Crippen LogP contribution in [0.5, 0.6) is 11.5 Å². The van der Waals surface area contributed by atoms with E-state index in [0.29, 0.717) is 42.2 Å². The molecule has 2 aromatic rings. The minimum atomic E-state index is -4.74. The molecular weight excluding hydrogens is 451 g/mol. The quantitative estimate of drug-likeness (QED) is 0.656. The topological polar surface area (TPSA) is 93.1 Å². The Morgan fingerprint density at radius 1 is 1.25 bits per heavy atom. The molecule has 0 aromatic heterocycles. The first kappa shape index (κ1) is 23.9. The van der Waals surface area contributed by atoms with Crippen LogP contribution in [0.25, 0.3) is 0 Å². The van der Waals surface area contributed by atoms with Crippen LogP contribution in [0.15, 0.2) is 41.3 Å². The normalized spacial score (nSPS) is 16.5. The lowest BCUT2D eigenvalue weighted by molar-refractivity contribution is -0.139. The molecule has 7 nitrogen and oxygen atoms in total. The smallest absolute Gasteiger partial charge is 0.416 e. The van der Waals surface area contributed by atoms with Crippen molar-refractivity contribution in [1.82, 2.24) is 4.31 Å². The maximum Gasteiger partial charge on any atom is 0.416 e. The minimum absolute atomic E-state index is 0.222. The van der Waals surface area contributed by atoms with Crippen LogP contribution in [0, 0.1) is 0 Å². The largest absolute Gasteiger partial charge is 0.497 e. The second-order valence-corrected chi connectivity index (χ2v) is 9.33. The molecule has 3 rings (SSSR count). The number of carboxylic acid groups (broad SMARTS) is 1. The Morgan fingerprint density at radius 2 is 1.97 bits per heavy atom. The lowest BCUT2D eigenvalue weighted by Gasteiger charge is -2.33. The molecule has 0 amide bonds. The Kier molecular flexibility index (Phi) is 6.70. The average molecular weight is 473 g/mol. The highest BCUT2D eigenvalue weighted by molar-refractivity contribution is 7.89. The molecule has 1 N–H and O–H groups in total. The van der Waals surface area contributed by atoms with E-state index < -0.39 is 45.3 Å². The Bertz CT molecular complexity index is 1120. The summed E-state index contributed by atoms with van der Waals surface area (Å²) >= 11 is 0. The van der Waals surface area contributed by atoms with E-state index in [2.05, 4.69) is 0 Å². The number of methoxy groups -OCH3 is 1. The molecule has 0 unspecified atom stereocenters. The molecule has 1 aliphatic carbocycles. The number of aliphatic carboxylic acids is 1. The molecule has 0 radical (unpaired) electrons. The van der Waals surface area contributed by atoms with Crippen molar-refractivity contribution in [1.29, 1.82) is 0 Å². The van der Waals surface area contributed by atoms with Gasteiger partial charge in [-0.2, -0.15) is 17.5 Å². The monoisotopic (exact) mass is 473 g/mol. The lowest BCUT2D eigenvalue weighted by Crippen LogP contribution is -2.33. The Balaban J connectivity index is 2.01. The van der Waals surface area contributed by atoms with Crippen LogP contribution in [0.3, 0.4) is 0 Å². The Morgan fingerprint density at radius 3 is 2.59 bits per heavy atom. The van der Waals surface area contributed by atoms with Gasteiger partial charge < -0.3 is 14.6 Å². The van der Waals surface area contributed by atoms with Crippen molar-refractivity contribution in [3.05, 3.63) is 53.1 Å². The fourth-order valence-corrected chi connectivity index (χ4v) is 5.21. The van der Waals surface area contributed by atoms with Crippen molar-refractivity contribution in [2.45, 2.75) is 36.4 Å². The number of fused-ring (bicyclic) bond motifs is 1. The zero-order valence-corrected chi connectivity index (χ0v) is 18.2. The number of carboxylic acids is 1. The Hall–Kier alpha value is -2.79. The fraction of sp³-hybridized carbons (Fsp3) is 0.381. The van der Waals surface area contributed by atoms with Crippen LogP contribution in [0.1, 0.15) is 35.6 Å². The molecular formula is C21H22F3NO6S. The summed E-state index contributed by atoms with van der Waals surface area (Å²) in [6.07, 6.45) is -3.14. The zero-order valence-electron chi connectivity index (χ0n) is 17.3. The van der Waals surface area contributed by atoms with Gasteiger partial charge in [0.15, 0.2) is 6.61 Å². The molecule has 0 fully saturated rings. The zero-order chi connectivity index (χ0) is 23.7. The molecule has 1 aliphatic rings. The number of rotatable bonds is 7. The third-order valence-corrected chi connectivity index (χ3v) is 7.19. The lowest BCUT2D eigenvalue weighted by atomic mass is 9.87. The van der Waals surface area contributed by atoms with Gasteiger partial charge in [-0.15, -0.1) is 0 Å². The molecule has 174 valence electrons. The van der Waals surface area contributed by atoms with E-state index in [1.165, 1.54) is 7.05 Å². The maximum absolute atomic E-state index is 13.3. The van der Waals surface area contributed by atoms with Gasteiger partial charge in [0.1, 0.15) is 11.5 Å². The predicted octanol–water partition coefficient (Wildman–Crippen LogP) is 3.88. The summed E-state index contributed by atoms with van der Waals surface area (Å²) < 4.78 is 77.7. The van der Waals surface area contributed by atoms with E-state index in [1.807, 2.05) is 0 Å². The van der Waals surface area contributed by atoms with Crippen molar-refractivity contribution in [3.63, 3.8) is 0 Å². The minimum Gasteiger partial charge on any atom is -0.497 e. The first-order valence-corrected chi connectivity index (χ1v) is 11.1. The van der Waals surface area contributed by atoms with E-state index in [9.17, 15) is 26.4 Å². The van der Waals surface area contributed by atoms with Crippen LogP contribution >= 0.6 is 0 Å². The second-order valence-electron chi connectivity index (χ2n) is 7.33. The number of sulfonamides is 1. The molecule has 0 spiro atoms. The van der Waals surface area contributed by atoms with Crippen LogP contribution in [-0.4, -0.2) is 44.6 Å². The first-order valence-electron chi connectivity index (χ1n) is 9.66. The van der Waals surface area contributed by atoms with Crippen LogP contribution in [-0.2, 0) is 27.4 Å². The number of halogens is 3. The van der Waals surface area contributed by atoms with E-state index >= 15 is 0 Å². The van der Waals surface area contributed by atoms with Crippen molar-refractivity contribution >= 4 is 16.0 Å². The molecule has 0 bridgehead atoms. The molecule has 0 saturated heterocycles. The van der Waals surface area contributed by atoms with E-state index in [4.69, 9.17) is 14.6 Å². The summed E-state index contributed by atoms with van der Waals surface area (Å²) in [4.78, 5) is 10.3. The maximum atomic E-state index is 13.3. The van der Waals surface area contributed by atoms with Crippen LogP contribution in [0.4, 0.5) is 13.2 Å². The molecule has 11 heteroatoms. The number of hydrogen-bond donors (Lipinski definition) is 1. The highest BCUT2D eigenvalue weighted by Crippen LogP contribution is 2.41. The summed E-state index contributed by atoms with van der Waals surface area (Å²) in [6, 6.07) is 6.67. The molecule has 1 atom stereocenters. The third-order valence-electron chi connectivity index (χ3n) is 5.34. The number of ether oxygens (including phenoxy) is 2. The van der Waals surface area contributed by atoms with E-state index in [-0.39, 0.29) is 5.75 Å².